The number of fused-ring (bicyclic) bond motifs is 2. The van der Waals surface area contributed by atoms with Gasteiger partial charge in [-0.3, -0.25) is 24.0 Å². The van der Waals surface area contributed by atoms with Gasteiger partial charge in [0.25, 0.3) is 11.5 Å². The Morgan fingerprint density at radius 1 is 1.10 bits per heavy atom. The van der Waals surface area contributed by atoms with Crippen molar-refractivity contribution >= 4 is 35.0 Å². The summed E-state index contributed by atoms with van der Waals surface area (Å²) in [6.07, 6.45) is 0. The van der Waals surface area contributed by atoms with E-state index in [-0.39, 0.29) is 17.3 Å². The molecule has 1 saturated heterocycles. The summed E-state index contributed by atoms with van der Waals surface area (Å²) in [6.45, 7) is 1.73. The molecule has 1 fully saturated rings. The Hall–Kier alpha value is -3.33. The first-order valence-corrected chi connectivity index (χ1v) is 10.3. The summed E-state index contributed by atoms with van der Waals surface area (Å²) in [6, 6.07) is 13.0. The lowest BCUT2D eigenvalue weighted by Gasteiger charge is -2.31. The molecule has 5 rings (SSSR count). The molecule has 2 aliphatic heterocycles. The maximum atomic E-state index is 13.7. The predicted octanol–water partition coefficient (Wildman–Crippen LogP) is 2.51. The van der Waals surface area contributed by atoms with Gasteiger partial charge in [0.15, 0.2) is 0 Å². The van der Waals surface area contributed by atoms with Gasteiger partial charge in [-0.15, -0.1) is 11.8 Å². The van der Waals surface area contributed by atoms with E-state index in [1.54, 1.807) is 30.8 Å². The maximum absolute atomic E-state index is 13.7. The molecule has 0 bridgehead atoms. The van der Waals surface area contributed by atoms with Crippen LogP contribution in [0.5, 0.6) is 0 Å². The van der Waals surface area contributed by atoms with Crippen LogP contribution in [0.2, 0.25) is 0 Å². The largest absolute Gasteiger partial charge is 0.322 e. The number of hydrogen-bond acceptors (Lipinski definition) is 4. The first-order chi connectivity index (χ1) is 14.4. The van der Waals surface area contributed by atoms with E-state index in [2.05, 4.69) is 5.32 Å². The van der Waals surface area contributed by atoms with Gasteiger partial charge in [-0.2, -0.15) is 0 Å². The molecule has 9 heteroatoms. The van der Waals surface area contributed by atoms with Crippen molar-refractivity contribution in [2.75, 3.05) is 16.0 Å². The second kappa shape index (κ2) is 6.33. The van der Waals surface area contributed by atoms with Crippen molar-refractivity contribution < 1.29 is 14.0 Å². The highest BCUT2D eigenvalue weighted by atomic mass is 32.2. The average molecular weight is 424 g/mol. The highest BCUT2D eigenvalue weighted by Gasteiger charge is 2.59. The molecule has 1 atom stereocenters. The average Bonchev–Trinajstić information content (AvgIpc) is 3.28. The van der Waals surface area contributed by atoms with Crippen LogP contribution in [-0.4, -0.2) is 26.9 Å². The summed E-state index contributed by atoms with van der Waals surface area (Å²) in [5.41, 5.74) is 1.71. The number of benzene rings is 2. The molecule has 0 radical (unpaired) electrons. The third-order valence-electron chi connectivity index (χ3n) is 5.62. The van der Waals surface area contributed by atoms with Crippen LogP contribution < -0.4 is 15.8 Å². The highest BCUT2D eigenvalue weighted by molar-refractivity contribution is 8.02. The minimum absolute atomic E-state index is 0.0311. The third kappa shape index (κ3) is 2.29. The molecule has 2 aliphatic rings. The number of para-hydroxylation sites is 1. The normalized spacial score (nSPS) is 20.2. The number of carbonyl (C=O) groups is 2. The van der Waals surface area contributed by atoms with E-state index < -0.39 is 22.2 Å². The Morgan fingerprint density at radius 3 is 2.57 bits per heavy atom. The van der Waals surface area contributed by atoms with Gasteiger partial charge in [-0.05, 0) is 31.2 Å². The van der Waals surface area contributed by atoms with Crippen LogP contribution in [0.15, 0.2) is 53.3 Å². The third-order valence-corrected chi connectivity index (χ3v) is 7.02. The summed E-state index contributed by atoms with van der Waals surface area (Å²) < 4.78 is 16.9. The van der Waals surface area contributed by atoms with Crippen LogP contribution in [0.3, 0.4) is 0 Å². The molecule has 1 N–H and O–H groups in total. The van der Waals surface area contributed by atoms with Crippen molar-refractivity contribution in [3.05, 3.63) is 76.0 Å². The highest BCUT2D eigenvalue weighted by Crippen LogP contribution is 2.53. The van der Waals surface area contributed by atoms with Crippen LogP contribution in [0.1, 0.15) is 11.3 Å². The Kier molecular flexibility index (Phi) is 3.94. The molecule has 152 valence electrons. The number of rotatable bonds is 2. The molecule has 1 spiro atoms. The van der Waals surface area contributed by atoms with E-state index in [4.69, 9.17) is 0 Å². The number of amides is 2. The van der Waals surface area contributed by atoms with Crippen LogP contribution >= 0.6 is 11.8 Å². The molecule has 3 aromatic rings. The standard InChI is InChI=1S/C21H17FN4O3S/c1-12-18(19(28)26(24(12)2)14-6-4-3-5-7-14)25-17(27)11-30-21(25)15-9-8-13(22)10-16(15)23-20(21)29/h3-10H,11H2,1-2H3,(H,23,29). The van der Waals surface area contributed by atoms with Crippen LogP contribution in [0, 0.1) is 12.7 Å². The minimum atomic E-state index is -1.44. The molecule has 2 aromatic carbocycles. The summed E-state index contributed by atoms with van der Waals surface area (Å²) in [5.74, 6) is -1.27. The number of halogens is 1. The fraction of sp³-hybridized carbons (Fsp3) is 0.190. The van der Waals surface area contributed by atoms with E-state index >= 15 is 0 Å². The van der Waals surface area contributed by atoms with E-state index in [9.17, 15) is 18.8 Å². The fourth-order valence-electron chi connectivity index (χ4n) is 4.17. The number of aromatic nitrogens is 2. The second-order valence-electron chi connectivity index (χ2n) is 7.22. The number of thioether (sulfide) groups is 1. The SMILES string of the molecule is Cc1c(N2C(=O)CSC23C(=O)Nc2cc(F)ccc23)c(=O)n(-c2ccccc2)n1C. The van der Waals surface area contributed by atoms with Gasteiger partial charge in [0, 0.05) is 12.6 Å². The maximum Gasteiger partial charge on any atom is 0.295 e. The Labute approximate surface area is 175 Å². The molecule has 1 unspecified atom stereocenters. The van der Waals surface area contributed by atoms with E-state index in [0.29, 0.717) is 22.6 Å². The van der Waals surface area contributed by atoms with E-state index in [1.165, 1.54) is 27.8 Å². The number of anilines is 2. The van der Waals surface area contributed by atoms with Crippen molar-refractivity contribution in [2.45, 2.75) is 11.8 Å². The van der Waals surface area contributed by atoms with Gasteiger partial charge >= 0.3 is 0 Å². The zero-order chi connectivity index (χ0) is 21.2. The molecule has 0 aliphatic carbocycles. The molecular weight excluding hydrogens is 407 g/mol. The van der Waals surface area contributed by atoms with Crippen molar-refractivity contribution in [3.63, 3.8) is 0 Å². The topological polar surface area (TPSA) is 76.3 Å². The summed E-state index contributed by atoms with van der Waals surface area (Å²) in [4.78, 5) is 39.5. The molecule has 30 heavy (non-hydrogen) atoms. The molecule has 2 amide bonds. The van der Waals surface area contributed by atoms with Gasteiger partial charge in [0.05, 0.1) is 22.8 Å². The number of hydrogen-bond donors (Lipinski definition) is 1. The zero-order valence-electron chi connectivity index (χ0n) is 16.2. The van der Waals surface area contributed by atoms with Gasteiger partial charge in [0.1, 0.15) is 11.5 Å². The number of nitrogens with zero attached hydrogens (tertiary/aromatic N) is 3. The fourth-order valence-corrected chi connectivity index (χ4v) is 5.47. The van der Waals surface area contributed by atoms with Crippen LogP contribution in [-0.2, 0) is 21.5 Å². The summed E-state index contributed by atoms with van der Waals surface area (Å²) in [7, 11) is 1.73. The summed E-state index contributed by atoms with van der Waals surface area (Å²) in [5, 5.41) is 2.67. The van der Waals surface area contributed by atoms with Gasteiger partial charge in [-0.1, -0.05) is 24.3 Å². The molecule has 0 saturated carbocycles. The van der Waals surface area contributed by atoms with Crippen molar-refractivity contribution in [2.24, 2.45) is 7.05 Å². The molecule has 1 aromatic heterocycles. The molecular formula is C21H17FN4O3S. The lowest BCUT2D eigenvalue weighted by atomic mass is 10.0. The first kappa shape index (κ1) is 18.7. The van der Waals surface area contributed by atoms with Crippen LogP contribution in [0.25, 0.3) is 5.69 Å². The van der Waals surface area contributed by atoms with Crippen molar-refractivity contribution in [3.8, 4) is 5.69 Å². The van der Waals surface area contributed by atoms with Crippen molar-refractivity contribution in [1.82, 2.24) is 9.36 Å². The lowest BCUT2D eigenvalue weighted by Crippen LogP contribution is -2.49. The van der Waals surface area contributed by atoms with Crippen LogP contribution in [0.4, 0.5) is 15.8 Å². The summed E-state index contributed by atoms with van der Waals surface area (Å²) >= 11 is 1.13. The monoisotopic (exact) mass is 424 g/mol. The Balaban J connectivity index is 1.77. The number of carbonyl (C=O) groups excluding carboxylic acids is 2. The smallest absolute Gasteiger partial charge is 0.295 e. The number of nitrogens with one attached hydrogen (secondary N) is 1. The predicted molar refractivity (Wildman–Crippen MR) is 112 cm³/mol. The Morgan fingerprint density at radius 2 is 1.83 bits per heavy atom. The quantitative estimate of drug-likeness (QED) is 0.686. The van der Waals surface area contributed by atoms with Crippen molar-refractivity contribution in [1.29, 1.82) is 0 Å². The molecule has 7 nitrogen and oxygen atoms in total. The molecule has 3 heterocycles. The first-order valence-electron chi connectivity index (χ1n) is 9.29. The lowest BCUT2D eigenvalue weighted by molar-refractivity contribution is -0.122. The Bertz CT molecular complexity index is 1280. The van der Waals surface area contributed by atoms with E-state index in [1.807, 2.05) is 18.2 Å². The zero-order valence-corrected chi connectivity index (χ0v) is 17.0. The second-order valence-corrected chi connectivity index (χ2v) is 8.38. The van der Waals surface area contributed by atoms with Gasteiger partial charge in [0.2, 0.25) is 10.8 Å². The van der Waals surface area contributed by atoms with E-state index in [0.717, 1.165) is 11.8 Å². The van der Waals surface area contributed by atoms with Gasteiger partial charge in [-0.25, -0.2) is 9.07 Å². The minimum Gasteiger partial charge on any atom is -0.322 e. The van der Waals surface area contributed by atoms with Gasteiger partial charge < -0.3 is 5.32 Å².